The Morgan fingerprint density at radius 3 is 0.466 bits per heavy atom. The zero-order valence-corrected chi connectivity index (χ0v) is 57.1. The molecule has 0 saturated heterocycles. The highest BCUT2D eigenvalue weighted by atomic mass is 14.6. The Bertz CT molecular complexity index is 3760. The van der Waals surface area contributed by atoms with Crippen LogP contribution in [-0.2, 0) is 43.3 Å². The van der Waals surface area contributed by atoms with E-state index in [1.54, 1.807) is 0 Å². The zero-order valence-electron chi connectivity index (χ0n) is 57.1. The smallest absolute Gasteiger partial charge is 0.0443 e. The molecule has 0 aliphatic heterocycles. The average molecular weight is 1150 g/mol. The first-order valence-electron chi connectivity index (χ1n) is 30.4. The van der Waals surface area contributed by atoms with Gasteiger partial charge in [0.2, 0.25) is 0 Å². The summed E-state index contributed by atoms with van der Waals surface area (Å²) < 4.78 is 0. The molecule has 0 saturated carbocycles. The summed E-state index contributed by atoms with van der Waals surface area (Å²) in [6.07, 6.45) is 7.73. The third-order valence-corrected chi connectivity index (χ3v) is 15.2. The molecule has 2 heterocycles. The van der Waals surface area contributed by atoms with Crippen LogP contribution < -0.4 is 0 Å². The van der Waals surface area contributed by atoms with E-state index in [4.69, 9.17) is 9.97 Å². The summed E-state index contributed by atoms with van der Waals surface area (Å²) in [4.78, 5) is 9.72. The molecule has 0 aliphatic rings. The van der Waals surface area contributed by atoms with Gasteiger partial charge in [-0.3, -0.25) is 9.97 Å². The molecule has 2 aromatic heterocycles. The van der Waals surface area contributed by atoms with Crippen LogP contribution in [-0.4, -0.2) is 9.97 Å². The van der Waals surface area contributed by atoms with Crippen molar-refractivity contribution in [3.05, 3.63) is 153 Å². The molecule has 442 valence electrons. The number of aromatic nitrogens is 2. The Labute approximate surface area is 532 Å². The molecule has 0 amide bonds. The fourth-order valence-corrected chi connectivity index (χ4v) is 9.35. The quantitative estimate of drug-likeness (QED) is 0.164. The lowest BCUT2D eigenvalue weighted by atomic mass is 9.77. The summed E-state index contributed by atoms with van der Waals surface area (Å²) in [5.41, 5.74) is 19.3. The van der Waals surface area contributed by atoms with Crippen LogP contribution in [0.3, 0.4) is 0 Å². The van der Waals surface area contributed by atoms with Gasteiger partial charge in [-0.25, -0.2) is 0 Å². The molecule has 0 radical (unpaired) electrons. The van der Waals surface area contributed by atoms with E-state index in [0.717, 1.165) is 55.6 Å². The number of rotatable bonds is 4. The molecule has 0 aliphatic carbocycles. The molecule has 6 rings (SSSR count). The third-order valence-electron chi connectivity index (χ3n) is 15.2. The fourth-order valence-electron chi connectivity index (χ4n) is 9.35. The van der Waals surface area contributed by atoms with Gasteiger partial charge in [-0.05, 0) is 205 Å². The largest absolute Gasteiger partial charge is 0.263 e. The highest BCUT2D eigenvalue weighted by Gasteiger charge is 2.28. The van der Waals surface area contributed by atoms with Gasteiger partial charge in [0.15, 0.2) is 0 Å². The zero-order chi connectivity index (χ0) is 65.3. The van der Waals surface area contributed by atoms with E-state index < -0.39 is 0 Å². The average Bonchev–Trinajstić information content (AvgIpc) is 2.76. The number of benzene rings is 4. The van der Waals surface area contributed by atoms with Crippen molar-refractivity contribution in [1.29, 1.82) is 0 Å². The fraction of sp³-hybridized carbons (Fsp3) is 0.372. The van der Waals surface area contributed by atoms with Crippen molar-refractivity contribution in [2.24, 2.45) is 0 Å². The van der Waals surface area contributed by atoms with Crippen LogP contribution in [0.4, 0.5) is 0 Å². The van der Waals surface area contributed by atoms with Gasteiger partial charge >= 0.3 is 0 Å². The van der Waals surface area contributed by atoms with Crippen LogP contribution in [0.2, 0.25) is 0 Å². The van der Waals surface area contributed by atoms with E-state index in [1.165, 1.54) is 44.5 Å². The monoisotopic (exact) mass is 1150 g/mol. The Kier molecular flexibility index (Phi) is 20.7. The van der Waals surface area contributed by atoms with Crippen molar-refractivity contribution in [3.63, 3.8) is 0 Å². The van der Waals surface area contributed by atoms with Crippen LogP contribution in [0.25, 0.3) is 44.5 Å². The predicted octanol–water partition coefficient (Wildman–Crippen LogP) is 19.0. The van der Waals surface area contributed by atoms with Crippen molar-refractivity contribution < 1.29 is 0 Å². The Hall–Kier alpha value is -9.22. The van der Waals surface area contributed by atoms with E-state index in [2.05, 4.69) is 357 Å². The molecule has 2 nitrogen and oxygen atoms in total. The maximum absolute atomic E-state index is 4.86. The first-order chi connectivity index (χ1) is 40.7. The lowest BCUT2D eigenvalue weighted by Crippen LogP contribution is -2.17. The van der Waals surface area contributed by atoms with Crippen molar-refractivity contribution in [2.75, 3.05) is 0 Å². The molecular formula is C86H88N2. The van der Waals surface area contributed by atoms with Crippen molar-refractivity contribution in [3.8, 4) is 163 Å². The molecule has 88 heavy (non-hydrogen) atoms. The second-order valence-corrected chi connectivity index (χ2v) is 30.9. The van der Waals surface area contributed by atoms with Crippen molar-refractivity contribution in [2.45, 2.75) is 209 Å². The standard InChI is InChI=1S/C86H88N2/c1-79(2,3)65-45-61(46-66(53-65)80(4,5)6)75-57-87-58-76(62-47-67(81(7,8)9)54-68(48-62)82(10,11)12)73(75)43-41-39-37-35-33-31-29-27-25-26-28-30-32-34-36-38-40-42-44-74-77(63-49-69(83(13,14)15)55-70(50-63)84(16,17)18)59-88-60-78(74)64-51-71(85(19,20)21)56-72(52-64)86(22,23)24/h45-60H,1-24H3. The first kappa shape index (κ1) is 67.9. The molecule has 2 heteroatoms. The second kappa shape index (κ2) is 26.8. The normalized spacial score (nSPS) is 11.4. The minimum Gasteiger partial charge on any atom is -0.263 e. The van der Waals surface area contributed by atoms with Gasteiger partial charge in [0.25, 0.3) is 0 Å². The molecule has 0 N–H and O–H groups in total. The summed E-state index contributed by atoms with van der Waals surface area (Å²) in [7, 11) is 0. The van der Waals surface area contributed by atoms with Gasteiger partial charge in [-0.15, -0.1) is 0 Å². The molecule has 0 fully saturated rings. The summed E-state index contributed by atoms with van der Waals surface area (Å²) in [6.45, 7) is 54.1. The van der Waals surface area contributed by atoms with E-state index in [0.29, 0.717) is 0 Å². The highest BCUT2D eigenvalue weighted by molar-refractivity contribution is 5.85. The van der Waals surface area contributed by atoms with Crippen molar-refractivity contribution in [1.82, 2.24) is 9.97 Å². The minimum absolute atomic E-state index is 0.0697. The summed E-state index contributed by atoms with van der Waals surface area (Å²) in [5, 5.41) is 0. The highest BCUT2D eigenvalue weighted by Crippen LogP contribution is 2.42. The molecular weight excluding hydrogens is 1060 g/mol. The van der Waals surface area contributed by atoms with E-state index in [-0.39, 0.29) is 43.3 Å². The maximum Gasteiger partial charge on any atom is 0.0443 e. The van der Waals surface area contributed by atoms with Crippen LogP contribution >= 0.6 is 0 Å². The minimum atomic E-state index is -0.0697. The number of nitrogens with zero attached hydrogens (tertiary/aromatic N) is 2. The van der Waals surface area contributed by atoms with Crippen LogP contribution in [0, 0.1) is 118 Å². The maximum atomic E-state index is 4.86. The first-order valence-corrected chi connectivity index (χ1v) is 30.4. The molecule has 0 unspecified atom stereocenters. The van der Waals surface area contributed by atoms with Crippen molar-refractivity contribution >= 4 is 0 Å². The van der Waals surface area contributed by atoms with E-state index >= 15 is 0 Å². The van der Waals surface area contributed by atoms with Crippen LogP contribution in [0.15, 0.2) is 97.6 Å². The Morgan fingerprint density at radius 1 is 0.193 bits per heavy atom. The summed E-state index contributed by atoms with van der Waals surface area (Å²) >= 11 is 0. The van der Waals surface area contributed by atoms with Gasteiger partial charge in [0.05, 0.1) is 0 Å². The lowest BCUT2D eigenvalue weighted by Gasteiger charge is -2.27. The predicted molar refractivity (Wildman–Crippen MR) is 376 cm³/mol. The summed E-state index contributed by atoms with van der Waals surface area (Å²) in [6, 6.07) is 27.6. The molecule has 6 aromatic rings. The van der Waals surface area contributed by atoms with E-state index in [9.17, 15) is 0 Å². The lowest BCUT2D eigenvalue weighted by molar-refractivity contribution is 0.568. The summed E-state index contributed by atoms with van der Waals surface area (Å²) in [5.74, 6) is 57.5. The van der Waals surface area contributed by atoms with Gasteiger partial charge in [-0.2, -0.15) is 0 Å². The van der Waals surface area contributed by atoms with Gasteiger partial charge < -0.3 is 0 Å². The van der Waals surface area contributed by atoms with Gasteiger partial charge in [0.1, 0.15) is 0 Å². The molecule has 0 spiro atoms. The van der Waals surface area contributed by atoms with Gasteiger partial charge in [-0.1, -0.05) is 251 Å². The molecule has 4 aromatic carbocycles. The number of hydrogen-bond donors (Lipinski definition) is 0. The SMILES string of the molecule is CC(C)(C)c1cc(-c2cncc(-c3cc(C(C)(C)C)cc(C(C)(C)C)c3)c2C#CC#CC#CC#CC#CC#CC#CC#CC#CC#Cc2c(-c3cc(C(C)(C)C)cc(C(C)(C)C)c3)cncc2-c2cc(C(C)(C)C)cc(C(C)(C)C)c2)cc(C(C)(C)C)c1. The second-order valence-electron chi connectivity index (χ2n) is 30.9. The number of hydrogen-bond acceptors (Lipinski definition) is 2. The van der Waals surface area contributed by atoms with Crippen LogP contribution in [0.5, 0.6) is 0 Å². The third kappa shape index (κ3) is 18.6. The van der Waals surface area contributed by atoms with Gasteiger partial charge in [0, 0.05) is 70.0 Å². The Morgan fingerprint density at radius 2 is 0.330 bits per heavy atom. The molecule has 0 bridgehead atoms. The molecule has 0 atom stereocenters. The number of pyridine rings is 2. The Balaban J connectivity index is 1.26. The van der Waals surface area contributed by atoms with E-state index in [1.807, 2.05) is 24.8 Å². The van der Waals surface area contributed by atoms with Crippen LogP contribution in [0.1, 0.15) is 222 Å². The topological polar surface area (TPSA) is 25.8 Å².